The first-order valence-corrected chi connectivity index (χ1v) is 9.02. The fourth-order valence-corrected chi connectivity index (χ4v) is 3.08. The Labute approximate surface area is 148 Å². The van der Waals surface area contributed by atoms with E-state index in [2.05, 4.69) is 28.7 Å². The first-order chi connectivity index (χ1) is 12.2. The maximum atomic E-state index is 12.5. The number of hydrogen-bond acceptors (Lipinski definition) is 5. The van der Waals surface area contributed by atoms with Gasteiger partial charge in [0.1, 0.15) is 5.82 Å². The highest BCUT2D eigenvalue weighted by molar-refractivity contribution is 5.81. The molecule has 25 heavy (non-hydrogen) atoms. The number of nitrogens with zero attached hydrogens (tertiary/aromatic N) is 5. The van der Waals surface area contributed by atoms with Gasteiger partial charge in [0.25, 0.3) is 0 Å². The van der Waals surface area contributed by atoms with E-state index in [0.717, 1.165) is 56.0 Å². The lowest BCUT2D eigenvalue weighted by molar-refractivity contribution is -0.129. The summed E-state index contributed by atoms with van der Waals surface area (Å²) in [5.74, 6) is 1.71. The van der Waals surface area contributed by atoms with Gasteiger partial charge >= 0.3 is 0 Å². The highest BCUT2D eigenvalue weighted by atomic mass is 16.2. The number of rotatable bonds is 5. The van der Waals surface area contributed by atoms with Crippen molar-refractivity contribution in [2.45, 2.75) is 33.1 Å². The quantitative estimate of drug-likeness (QED) is 0.838. The predicted octanol–water partition coefficient (Wildman–Crippen LogP) is 2.55. The van der Waals surface area contributed by atoms with Gasteiger partial charge in [0.2, 0.25) is 5.91 Å². The summed E-state index contributed by atoms with van der Waals surface area (Å²) in [6.07, 6.45) is 6.27. The minimum absolute atomic E-state index is 0.182. The van der Waals surface area contributed by atoms with Gasteiger partial charge < -0.3 is 9.80 Å². The highest BCUT2D eigenvalue weighted by Crippen LogP contribution is 2.21. The Hall–Kier alpha value is -2.50. The van der Waals surface area contributed by atoms with Crippen LogP contribution in [0.3, 0.4) is 0 Å². The first kappa shape index (κ1) is 17.3. The second-order valence-corrected chi connectivity index (χ2v) is 6.29. The molecule has 0 aliphatic carbocycles. The Morgan fingerprint density at radius 2 is 1.92 bits per heavy atom. The molecule has 2 aromatic heterocycles. The number of carbonyl (C=O) groups is 1. The third-order valence-corrected chi connectivity index (χ3v) is 4.42. The molecule has 0 aromatic carbocycles. The number of carbonyl (C=O) groups excluding carboxylic acids is 1. The first-order valence-electron chi connectivity index (χ1n) is 9.02. The fraction of sp³-hybridized carbons (Fsp3) is 0.474. The van der Waals surface area contributed by atoms with E-state index < -0.39 is 0 Å². The van der Waals surface area contributed by atoms with Crippen molar-refractivity contribution in [1.82, 2.24) is 19.9 Å². The van der Waals surface area contributed by atoms with Crippen molar-refractivity contribution in [2.24, 2.45) is 0 Å². The van der Waals surface area contributed by atoms with E-state index in [-0.39, 0.29) is 5.91 Å². The minimum atomic E-state index is 0.182. The summed E-state index contributed by atoms with van der Waals surface area (Å²) in [7, 11) is 0. The second kappa shape index (κ2) is 8.05. The Morgan fingerprint density at radius 1 is 1.12 bits per heavy atom. The minimum Gasteiger partial charge on any atom is -0.347 e. The van der Waals surface area contributed by atoms with Gasteiger partial charge in [-0.2, -0.15) is 0 Å². The zero-order valence-corrected chi connectivity index (χ0v) is 15.0. The number of pyridine rings is 1. The molecule has 0 atom stereocenters. The van der Waals surface area contributed by atoms with E-state index >= 15 is 0 Å². The SMILES string of the molecule is CCCN1CCCN(c2cc(CC)nc(-c3ccncc3)n2)CC1=O. The maximum absolute atomic E-state index is 12.5. The standard InChI is InChI=1S/C19H25N5O/c1-3-10-23-11-5-12-24(14-18(23)25)17-13-16(4-2)21-19(22-17)15-6-8-20-9-7-15/h6-9,13H,3-5,10-12,14H2,1-2H3. The van der Waals surface area contributed by atoms with Crippen LogP contribution in [0.5, 0.6) is 0 Å². The third kappa shape index (κ3) is 4.13. The molecule has 0 spiro atoms. The average Bonchev–Trinajstić information content (AvgIpc) is 2.84. The van der Waals surface area contributed by atoms with Gasteiger partial charge in [0.15, 0.2) is 5.82 Å². The smallest absolute Gasteiger partial charge is 0.242 e. The van der Waals surface area contributed by atoms with Crippen molar-refractivity contribution in [3.8, 4) is 11.4 Å². The molecule has 0 saturated carbocycles. The van der Waals surface area contributed by atoms with Gasteiger partial charge in [0, 0.05) is 49.4 Å². The van der Waals surface area contributed by atoms with Crippen LogP contribution in [0.15, 0.2) is 30.6 Å². The monoisotopic (exact) mass is 339 g/mol. The molecule has 0 radical (unpaired) electrons. The van der Waals surface area contributed by atoms with E-state index in [0.29, 0.717) is 12.4 Å². The van der Waals surface area contributed by atoms with Gasteiger partial charge in [-0.05, 0) is 31.4 Å². The number of aryl methyl sites for hydroxylation is 1. The molecule has 2 aromatic rings. The van der Waals surface area contributed by atoms with Crippen LogP contribution in [0.4, 0.5) is 5.82 Å². The number of amides is 1. The summed E-state index contributed by atoms with van der Waals surface area (Å²) < 4.78 is 0. The molecule has 1 amide bonds. The lowest BCUT2D eigenvalue weighted by Gasteiger charge is -2.23. The van der Waals surface area contributed by atoms with Crippen LogP contribution in [-0.2, 0) is 11.2 Å². The lowest BCUT2D eigenvalue weighted by atomic mass is 10.2. The van der Waals surface area contributed by atoms with Gasteiger partial charge in [-0.3, -0.25) is 9.78 Å². The van der Waals surface area contributed by atoms with E-state index in [1.54, 1.807) is 12.4 Å². The van der Waals surface area contributed by atoms with Crippen molar-refractivity contribution in [1.29, 1.82) is 0 Å². The Balaban J connectivity index is 1.90. The number of aromatic nitrogens is 3. The predicted molar refractivity (Wildman–Crippen MR) is 98.3 cm³/mol. The molecule has 0 bridgehead atoms. The Bertz CT molecular complexity index is 719. The summed E-state index contributed by atoms with van der Waals surface area (Å²) in [5, 5.41) is 0. The zero-order chi connectivity index (χ0) is 17.6. The van der Waals surface area contributed by atoms with E-state index in [1.807, 2.05) is 23.1 Å². The van der Waals surface area contributed by atoms with Gasteiger partial charge in [0.05, 0.1) is 6.54 Å². The molecule has 0 N–H and O–H groups in total. The molecule has 0 unspecified atom stereocenters. The van der Waals surface area contributed by atoms with Crippen LogP contribution in [0.25, 0.3) is 11.4 Å². The molecule has 3 heterocycles. The van der Waals surface area contributed by atoms with Crippen LogP contribution >= 0.6 is 0 Å². The van der Waals surface area contributed by atoms with E-state index in [1.165, 1.54) is 0 Å². The van der Waals surface area contributed by atoms with Crippen LogP contribution in [0.2, 0.25) is 0 Å². The topological polar surface area (TPSA) is 62.2 Å². The molecular formula is C19H25N5O. The summed E-state index contributed by atoms with van der Waals surface area (Å²) >= 11 is 0. The highest BCUT2D eigenvalue weighted by Gasteiger charge is 2.22. The average molecular weight is 339 g/mol. The van der Waals surface area contributed by atoms with Gasteiger partial charge in [-0.15, -0.1) is 0 Å². The Morgan fingerprint density at radius 3 is 2.64 bits per heavy atom. The fourth-order valence-electron chi connectivity index (χ4n) is 3.08. The molecule has 132 valence electrons. The van der Waals surface area contributed by atoms with Crippen molar-refractivity contribution in [2.75, 3.05) is 31.1 Å². The zero-order valence-electron chi connectivity index (χ0n) is 15.0. The van der Waals surface area contributed by atoms with Crippen LogP contribution in [-0.4, -0.2) is 51.9 Å². The third-order valence-electron chi connectivity index (χ3n) is 4.42. The second-order valence-electron chi connectivity index (χ2n) is 6.29. The summed E-state index contributed by atoms with van der Waals surface area (Å²) in [6.45, 7) is 7.07. The molecule has 1 aliphatic heterocycles. The van der Waals surface area contributed by atoms with E-state index in [9.17, 15) is 4.79 Å². The molecule has 1 fully saturated rings. The number of hydrogen-bond donors (Lipinski definition) is 0. The molecule has 6 nitrogen and oxygen atoms in total. The summed E-state index contributed by atoms with van der Waals surface area (Å²) in [6, 6.07) is 5.83. The van der Waals surface area contributed by atoms with Crippen LogP contribution < -0.4 is 4.90 Å². The van der Waals surface area contributed by atoms with Crippen LogP contribution in [0, 0.1) is 0 Å². The van der Waals surface area contributed by atoms with Crippen molar-refractivity contribution in [3.05, 3.63) is 36.3 Å². The van der Waals surface area contributed by atoms with Crippen molar-refractivity contribution < 1.29 is 4.79 Å². The maximum Gasteiger partial charge on any atom is 0.242 e. The van der Waals surface area contributed by atoms with Crippen LogP contribution in [0.1, 0.15) is 32.4 Å². The summed E-state index contributed by atoms with van der Waals surface area (Å²) in [5.41, 5.74) is 1.93. The van der Waals surface area contributed by atoms with Crippen molar-refractivity contribution >= 4 is 11.7 Å². The number of anilines is 1. The largest absolute Gasteiger partial charge is 0.347 e. The normalized spacial score (nSPS) is 15.4. The van der Waals surface area contributed by atoms with E-state index in [4.69, 9.17) is 4.98 Å². The van der Waals surface area contributed by atoms with Crippen molar-refractivity contribution in [3.63, 3.8) is 0 Å². The summed E-state index contributed by atoms with van der Waals surface area (Å²) in [4.78, 5) is 30.0. The molecule has 1 aliphatic rings. The van der Waals surface area contributed by atoms with Gasteiger partial charge in [-0.25, -0.2) is 9.97 Å². The molecular weight excluding hydrogens is 314 g/mol. The molecule has 6 heteroatoms. The Kier molecular flexibility index (Phi) is 5.58. The lowest BCUT2D eigenvalue weighted by Crippen LogP contribution is -2.37. The van der Waals surface area contributed by atoms with Gasteiger partial charge in [-0.1, -0.05) is 13.8 Å². The molecule has 3 rings (SSSR count). The molecule has 1 saturated heterocycles.